The van der Waals surface area contributed by atoms with E-state index in [1.807, 2.05) is 18.0 Å². The molecule has 0 spiro atoms. The van der Waals surface area contributed by atoms with Crippen molar-refractivity contribution in [2.45, 2.75) is 13.3 Å². The molecule has 0 aliphatic rings. The van der Waals surface area contributed by atoms with Gasteiger partial charge in [0, 0.05) is 5.56 Å². The third kappa shape index (κ3) is 3.48. The van der Waals surface area contributed by atoms with Crippen LogP contribution in [0.4, 0.5) is 0 Å². The first-order chi connectivity index (χ1) is 7.67. The van der Waals surface area contributed by atoms with E-state index in [-0.39, 0.29) is 5.78 Å². The number of nitriles is 1. The number of ketones is 1. The predicted octanol–water partition coefficient (Wildman–Crippen LogP) is 2.08. The number of likely N-dealkylation sites (N-methyl/N-ethyl adjacent to an activating group) is 1. The van der Waals surface area contributed by atoms with Gasteiger partial charge in [0.1, 0.15) is 0 Å². The normalized spacial score (nSPS) is 10.1. The van der Waals surface area contributed by atoms with E-state index >= 15 is 0 Å². The van der Waals surface area contributed by atoms with E-state index in [0.717, 1.165) is 13.0 Å². The van der Waals surface area contributed by atoms with Crippen molar-refractivity contribution in [2.75, 3.05) is 20.1 Å². The number of hydrogen-bond acceptors (Lipinski definition) is 3. The van der Waals surface area contributed by atoms with E-state index in [1.54, 1.807) is 24.3 Å². The molecule has 0 atom stereocenters. The Labute approximate surface area is 96.3 Å². The SMILES string of the molecule is CCCN(C)CC(=O)c1ccc(C#N)cc1. The Bertz CT molecular complexity index is 389. The van der Waals surface area contributed by atoms with Crippen LogP contribution in [0.15, 0.2) is 24.3 Å². The maximum absolute atomic E-state index is 11.8. The molecule has 1 aromatic carbocycles. The summed E-state index contributed by atoms with van der Waals surface area (Å²) in [6.45, 7) is 3.43. The van der Waals surface area contributed by atoms with Crippen LogP contribution in [0.2, 0.25) is 0 Å². The Balaban J connectivity index is 2.63. The molecule has 0 radical (unpaired) electrons. The molecule has 0 saturated carbocycles. The average molecular weight is 216 g/mol. The van der Waals surface area contributed by atoms with Crippen molar-refractivity contribution in [3.8, 4) is 6.07 Å². The van der Waals surface area contributed by atoms with Crippen molar-refractivity contribution in [1.29, 1.82) is 5.26 Å². The first kappa shape index (κ1) is 12.4. The van der Waals surface area contributed by atoms with Crippen molar-refractivity contribution in [1.82, 2.24) is 4.90 Å². The molecule has 3 heteroatoms. The van der Waals surface area contributed by atoms with E-state index < -0.39 is 0 Å². The Morgan fingerprint density at radius 1 is 1.38 bits per heavy atom. The van der Waals surface area contributed by atoms with Crippen LogP contribution in [-0.4, -0.2) is 30.8 Å². The molecule has 0 heterocycles. The van der Waals surface area contributed by atoms with Gasteiger partial charge in [-0.25, -0.2) is 0 Å². The maximum Gasteiger partial charge on any atom is 0.176 e. The summed E-state index contributed by atoms with van der Waals surface area (Å²) >= 11 is 0. The summed E-state index contributed by atoms with van der Waals surface area (Å²) in [6.07, 6.45) is 1.04. The first-order valence-corrected chi connectivity index (χ1v) is 5.39. The Morgan fingerprint density at radius 3 is 2.50 bits per heavy atom. The lowest BCUT2D eigenvalue weighted by molar-refractivity contribution is 0.0946. The van der Waals surface area contributed by atoms with Gasteiger partial charge in [-0.15, -0.1) is 0 Å². The van der Waals surface area contributed by atoms with Crippen molar-refractivity contribution in [3.05, 3.63) is 35.4 Å². The number of hydrogen-bond donors (Lipinski definition) is 0. The molecule has 0 amide bonds. The fourth-order valence-corrected chi connectivity index (χ4v) is 1.53. The van der Waals surface area contributed by atoms with E-state index in [9.17, 15) is 4.79 Å². The zero-order valence-corrected chi connectivity index (χ0v) is 9.73. The summed E-state index contributed by atoms with van der Waals surface area (Å²) in [6, 6.07) is 8.80. The van der Waals surface area contributed by atoms with E-state index in [0.29, 0.717) is 17.7 Å². The second-order valence-electron chi connectivity index (χ2n) is 3.85. The summed E-state index contributed by atoms with van der Waals surface area (Å²) in [5.41, 5.74) is 1.25. The van der Waals surface area contributed by atoms with Gasteiger partial charge >= 0.3 is 0 Å². The van der Waals surface area contributed by atoms with Gasteiger partial charge in [0.05, 0.1) is 18.2 Å². The van der Waals surface area contributed by atoms with E-state index in [1.165, 1.54) is 0 Å². The lowest BCUT2D eigenvalue weighted by Crippen LogP contribution is -2.26. The minimum absolute atomic E-state index is 0.0976. The zero-order chi connectivity index (χ0) is 12.0. The summed E-state index contributed by atoms with van der Waals surface area (Å²) in [4.78, 5) is 13.8. The van der Waals surface area contributed by atoms with Crippen LogP contribution in [0.25, 0.3) is 0 Å². The van der Waals surface area contributed by atoms with E-state index in [2.05, 4.69) is 6.92 Å². The summed E-state index contributed by atoms with van der Waals surface area (Å²) in [7, 11) is 1.94. The van der Waals surface area contributed by atoms with Crippen LogP contribution in [0.5, 0.6) is 0 Å². The molecule has 0 aromatic heterocycles. The second kappa shape index (κ2) is 6.04. The van der Waals surface area contributed by atoms with Gasteiger partial charge in [0.2, 0.25) is 0 Å². The van der Waals surface area contributed by atoms with Gasteiger partial charge in [-0.2, -0.15) is 5.26 Å². The zero-order valence-electron chi connectivity index (χ0n) is 9.73. The number of carbonyl (C=O) groups excluding carboxylic acids is 1. The number of benzene rings is 1. The van der Waals surface area contributed by atoms with Gasteiger partial charge < -0.3 is 0 Å². The van der Waals surface area contributed by atoms with E-state index in [4.69, 9.17) is 5.26 Å². The Morgan fingerprint density at radius 2 is 2.00 bits per heavy atom. The van der Waals surface area contributed by atoms with Gasteiger partial charge in [0.25, 0.3) is 0 Å². The molecule has 3 nitrogen and oxygen atoms in total. The molecule has 16 heavy (non-hydrogen) atoms. The highest BCUT2D eigenvalue weighted by Gasteiger charge is 2.08. The van der Waals surface area contributed by atoms with Crippen molar-refractivity contribution < 1.29 is 4.79 Å². The topological polar surface area (TPSA) is 44.1 Å². The molecule has 0 bridgehead atoms. The van der Waals surface area contributed by atoms with Crippen LogP contribution < -0.4 is 0 Å². The lowest BCUT2D eigenvalue weighted by Gasteiger charge is -2.14. The minimum Gasteiger partial charge on any atom is -0.299 e. The quantitative estimate of drug-likeness (QED) is 0.708. The number of carbonyl (C=O) groups is 1. The molecule has 1 aromatic rings. The standard InChI is InChI=1S/C13H16N2O/c1-3-8-15(2)10-13(16)12-6-4-11(9-14)5-7-12/h4-7H,3,8,10H2,1-2H3. The van der Waals surface area contributed by atoms with Crippen molar-refractivity contribution >= 4 is 5.78 Å². The highest BCUT2D eigenvalue weighted by atomic mass is 16.1. The molecule has 0 aliphatic carbocycles. The van der Waals surface area contributed by atoms with Gasteiger partial charge in [-0.1, -0.05) is 19.1 Å². The molecular formula is C13H16N2O. The summed E-state index contributed by atoms with van der Waals surface area (Å²) < 4.78 is 0. The molecule has 0 unspecified atom stereocenters. The monoisotopic (exact) mass is 216 g/mol. The van der Waals surface area contributed by atoms with Crippen LogP contribution in [0.3, 0.4) is 0 Å². The second-order valence-corrected chi connectivity index (χ2v) is 3.85. The minimum atomic E-state index is 0.0976. The largest absolute Gasteiger partial charge is 0.299 e. The van der Waals surface area contributed by atoms with Gasteiger partial charge in [-0.3, -0.25) is 9.69 Å². The average Bonchev–Trinajstić information content (AvgIpc) is 2.29. The fraction of sp³-hybridized carbons (Fsp3) is 0.385. The predicted molar refractivity (Wildman–Crippen MR) is 63.3 cm³/mol. The molecule has 1 rings (SSSR count). The Kier molecular flexibility index (Phi) is 4.68. The van der Waals surface area contributed by atoms with Gasteiger partial charge in [-0.05, 0) is 32.1 Å². The van der Waals surface area contributed by atoms with Crippen LogP contribution in [0.1, 0.15) is 29.3 Å². The Hall–Kier alpha value is -1.66. The number of rotatable bonds is 5. The van der Waals surface area contributed by atoms with Gasteiger partial charge in [0.15, 0.2) is 5.78 Å². The molecule has 0 saturated heterocycles. The highest BCUT2D eigenvalue weighted by molar-refractivity contribution is 5.97. The molecular weight excluding hydrogens is 200 g/mol. The lowest BCUT2D eigenvalue weighted by atomic mass is 10.1. The third-order valence-corrected chi connectivity index (χ3v) is 2.35. The number of Topliss-reactive ketones (excluding diaryl/α,β-unsaturated/α-hetero) is 1. The van der Waals surface area contributed by atoms with Crippen LogP contribution in [-0.2, 0) is 0 Å². The third-order valence-electron chi connectivity index (χ3n) is 2.35. The smallest absolute Gasteiger partial charge is 0.176 e. The van der Waals surface area contributed by atoms with Crippen molar-refractivity contribution in [2.24, 2.45) is 0 Å². The molecule has 0 aliphatic heterocycles. The first-order valence-electron chi connectivity index (χ1n) is 5.39. The highest BCUT2D eigenvalue weighted by Crippen LogP contribution is 2.05. The fourth-order valence-electron chi connectivity index (χ4n) is 1.53. The maximum atomic E-state index is 11.8. The summed E-state index contributed by atoms with van der Waals surface area (Å²) in [5, 5.41) is 8.64. The van der Waals surface area contributed by atoms with Crippen LogP contribution >= 0.6 is 0 Å². The number of nitrogens with zero attached hydrogens (tertiary/aromatic N) is 2. The van der Waals surface area contributed by atoms with Crippen LogP contribution in [0, 0.1) is 11.3 Å². The molecule has 0 N–H and O–H groups in total. The molecule has 84 valence electrons. The van der Waals surface area contributed by atoms with Crippen molar-refractivity contribution in [3.63, 3.8) is 0 Å². The molecule has 0 fully saturated rings. The summed E-state index contributed by atoms with van der Waals surface area (Å²) in [5.74, 6) is 0.0976.